The van der Waals surface area contributed by atoms with E-state index in [1.54, 1.807) is 0 Å². The minimum Gasteiger partial charge on any atom is -0.256 e. The van der Waals surface area contributed by atoms with Crippen LogP contribution in [0.5, 0.6) is 0 Å². The van der Waals surface area contributed by atoms with Crippen LogP contribution in [0.1, 0.15) is 11.1 Å². The molecule has 36 heavy (non-hydrogen) atoms. The van der Waals surface area contributed by atoms with Crippen LogP contribution >= 0.6 is 0 Å². The first-order chi connectivity index (χ1) is 17.7. The van der Waals surface area contributed by atoms with Gasteiger partial charge in [0.15, 0.2) is 0 Å². The first-order valence-electron chi connectivity index (χ1n) is 12.6. The highest BCUT2D eigenvalue weighted by Gasteiger charge is 2.25. The third kappa shape index (κ3) is 2.58. The lowest BCUT2D eigenvalue weighted by molar-refractivity contribution is 1.41. The molecule has 1 nitrogen and oxygen atoms in total. The number of hydrogen-bond acceptors (Lipinski definition) is 1. The first kappa shape index (κ1) is 19.8. The van der Waals surface area contributed by atoms with E-state index in [2.05, 4.69) is 110 Å². The summed E-state index contributed by atoms with van der Waals surface area (Å²) >= 11 is 0. The predicted octanol–water partition coefficient (Wildman–Crippen LogP) is 9.63. The van der Waals surface area contributed by atoms with Crippen molar-refractivity contribution in [2.75, 3.05) is 0 Å². The Kier molecular flexibility index (Phi) is 3.86. The van der Waals surface area contributed by atoms with Crippen LogP contribution in [0.2, 0.25) is 0 Å². The number of fused-ring (bicyclic) bond motifs is 8. The van der Waals surface area contributed by atoms with Crippen LogP contribution in [0.25, 0.3) is 76.6 Å². The van der Waals surface area contributed by atoms with E-state index >= 15 is 0 Å². The van der Waals surface area contributed by atoms with E-state index in [0.717, 1.165) is 5.52 Å². The van der Waals surface area contributed by atoms with Crippen molar-refractivity contribution in [1.29, 1.82) is 0 Å². The van der Waals surface area contributed by atoms with Crippen molar-refractivity contribution < 1.29 is 0 Å². The highest BCUT2D eigenvalue weighted by Crippen LogP contribution is 2.52. The number of nitrogens with zero attached hydrogens (tertiary/aromatic N) is 1. The maximum atomic E-state index is 4.54. The van der Waals surface area contributed by atoms with E-state index in [4.69, 9.17) is 0 Å². The summed E-state index contributed by atoms with van der Waals surface area (Å²) in [6.07, 6.45) is 1.86. The highest BCUT2D eigenvalue weighted by molar-refractivity contribution is 6.29. The van der Waals surface area contributed by atoms with Gasteiger partial charge in [-0.1, -0.05) is 72.3 Å². The van der Waals surface area contributed by atoms with E-state index in [1.807, 2.05) is 12.3 Å². The Hall–Kier alpha value is -4.49. The molecule has 1 aromatic heterocycles. The fraction of sp³-hybridized carbons (Fsp3) is 0.0571. The van der Waals surface area contributed by atoms with Crippen LogP contribution < -0.4 is 0 Å². The molecular weight excluding hydrogens is 434 g/mol. The van der Waals surface area contributed by atoms with Crippen LogP contribution in [-0.2, 0) is 0 Å². The molecule has 7 aromatic rings. The Labute approximate surface area is 209 Å². The highest BCUT2D eigenvalue weighted by atomic mass is 14.6. The molecule has 1 heteroatoms. The smallest absolute Gasteiger partial charge is 0.0702 e. The molecule has 8 rings (SSSR count). The van der Waals surface area contributed by atoms with E-state index in [9.17, 15) is 0 Å². The minimum atomic E-state index is 1.03. The molecule has 0 aliphatic heterocycles. The lowest BCUT2D eigenvalue weighted by Crippen LogP contribution is -1.89. The Bertz CT molecular complexity index is 2060. The van der Waals surface area contributed by atoms with E-state index in [-0.39, 0.29) is 0 Å². The van der Waals surface area contributed by atoms with Crippen molar-refractivity contribution in [2.24, 2.45) is 0 Å². The average molecular weight is 458 g/mol. The second-order valence-electron chi connectivity index (χ2n) is 10.1. The monoisotopic (exact) mass is 457 g/mol. The molecule has 0 saturated carbocycles. The molecule has 0 radical (unpaired) electrons. The van der Waals surface area contributed by atoms with Gasteiger partial charge in [-0.3, -0.25) is 4.98 Å². The van der Waals surface area contributed by atoms with Crippen LogP contribution in [0, 0.1) is 13.8 Å². The summed E-state index contributed by atoms with van der Waals surface area (Å²) < 4.78 is 0. The molecule has 0 spiro atoms. The number of aryl methyl sites for hydroxylation is 2. The summed E-state index contributed by atoms with van der Waals surface area (Å²) in [5.74, 6) is 0. The van der Waals surface area contributed by atoms with Crippen molar-refractivity contribution in [1.82, 2.24) is 4.98 Å². The zero-order chi connectivity index (χ0) is 24.0. The Morgan fingerprint density at radius 2 is 1.33 bits per heavy atom. The largest absolute Gasteiger partial charge is 0.256 e. The van der Waals surface area contributed by atoms with Crippen LogP contribution in [0.4, 0.5) is 0 Å². The quantitative estimate of drug-likeness (QED) is 0.224. The summed E-state index contributed by atoms with van der Waals surface area (Å²) in [7, 11) is 0. The summed E-state index contributed by atoms with van der Waals surface area (Å²) in [6, 6.07) is 36.1. The lowest BCUT2D eigenvalue weighted by Gasteiger charge is -2.16. The molecule has 0 atom stereocenters. The molecule has 0 amide bonds. The third-order valence-electron chi connectivity index (χ3n) is 8.00. The van der Waals surface area contributed by atoms with Crippen molar-refractivity contribution in [3.8, 4) is 33.4 Å². The maximum Gasteiger partial charge on any atom is 0.0702 e. The zero-order valence-corrected chi connectivity index (χ0v) is 20.3. The second kappa shape index (κ2) is 7.02. The molecule has 6 aromatic carbocycles. The minimum absolute atomic E-state index is 1.03. The molecule has 168 valence electrons. The molecular formula is C35H23N. The molecule has 0 N–H and O–H groups in total. The normalized spacial score (nSPS) is 12.2. The van der Waals surface area contributed by atoms with Crippen LogP contribution in [0.3, 0.4) is 0 Å². The molecule has 0 fully saturated rings. The fourth-order valence-electron chi connectivity index (χ4n) is 6.34. The van der Waals surface area contributed by atoms with Gasteiger partial charge in [-0.25, -0.2) is 0 Å². The summed E-state index contributed by atoms with van der Waals surface area (Å²) in [5.41, 5.74) is 11.6. The SMILES string of the molecule is Cc1ccc2c(c1)c(-c1ccc3ncccc3c1)cc1c3ccc(C)c4c3c(cc21)-c1ccccc1-4. The second-order valence-corrected chi connectivity index (χ2v) is 10.1. The van der Waals surface area contributed by atoms with Crippen molar-refractivity contribution in [2.45, 2.75) is 13.8 Å². The molecule has 0 unspecified atom stereocenters. The fourth-order valence-corrected chi connectivity index (χ4v) is 6.34. The van der Waals surface area contributed by atoms with Crippen LogP contribution in [0.15, 0.2) is 103 Å². The zero-order valence-electron chi connectivity index (χ0n) is 20.3. The molecule has 0 bridgehead atoms. The van der Waals surface area contributed by atoms with Gasteiger partial charge in [-0.15, -0.1) is 0 Å². The standard InChI is InChI=1S/C35H23N/c1-20-9-12-25-29(16-20)28(22-11-14-33-23(17-22)6-5-15-36-33)18-31-27-13-10-21(2)34-26-8-4-3-7-24(26)32(35(27)34)19-30(25)31/h3-19H,1-2H3. The number of hydrogen-bond donors (Lipinski definition) is 0. The van der Waals surface area contributed by atoms with E-state index in [1.165, 1.54) is 82.2 Å². The van der Waals surface area contributed by atoms with Gasteiger partial charge in [-0.2, -0.15) is 0 Å². The van der Waals surface area contributed by atoms with Gasteiger partial charge in [0.05, 0.1) is 5.52 Å². The molecule has 1 aliphatic carbocycles. The van der Waals surface area contributed by atoms with E-state index < -0.39 is 0 Å². The summed E-state index contributed by atoms with van der Waals surface area (Å²) in [6.45, 7) is 4.42. The Morgan fingerprint density at radius 3 is 2.25 bits per heavy atom. The number of pyridine rings is 1. The number of rotatable bonds is 1. The first-order valence-corrected chi connectivity index (χ1v) is 12.6. The Morgan fingerprint density at radius 1 is 0.528 bits per heavy atom. The van der Waals surface area contributed by atoms with Crippen molar-refractivity contribution >= 4 is 43.2 Å². The van der Waals surface area contributed by atoms with Gasteiger partial charge in [0, 0.05) is 11.6 Å². The molecule has 0 saturated heterocycles. The predicted molar refractivity (Wildman–Crippen MR) is 154 cm³/mol. The number of benzene rings is 6. The van der Waals surface area contributed by atoms with Crippen LogP contribution in [-0.4, -0.2) is 4.98 Å². The molecule has 1 aliphatic rings. The summed E-state index contributed by atoms with van der Waals surface area (Å²) in [5, 5.41) is 9.15. The van der Waals surface area contributed by atoms with Crippen molar-refractivity contribution in [3.63, 3.8) is 0 Å². The maximum absolute atomic E-state index is 4.54. The lowest BCUT2D eigenvalue weighted by atomic mass is 9.87. The van der Waals surface area contributed by atoms with E-state index in [0.29, 0.717) is 0 Å². The summed E-state index contributed by atoms with van der Waals surface area (Å²) in [4.78, 5) is 4.54. The van der Waals surface area contributed by atoms with Crippen molar-refractivity contribution in [3.05, 3.63) is 114 Å². The van der Waals surface area contributed by atoms with Gasteiger partial charge in [0.1, 0.15) is 0 Å². The van der Waals surface area contributed by atoms with Gasteiger partial charge in [0.2, 0.25) is 0 Å². The topological polar surface area (TPSA) is 12.9 Å². The van der Waals surface area contributed by atoms with Gasteiger partial charge >= 0.3 is 0 Å². The van der Waals surface area contributed by atoms with Gasteiger partial charge in [-0.05, 0) is 115 Å². The Balaban J connectivity index is 1.56. The number of aromatic nitrogens is 1. The van der Waals surface area contributed by atoms with Gasteiger partial charge < -0.3 is 0 Å². The van der Waals surface area contributed by atoms with Gasteiger partial charge in [0.25, 0.3) is 0 Å². The third-order valence-corrected chi connectivity index (χ3v) is 8.00. The average Bonchev–Trinajstić information content (AvgIpc) is 3.25. The molecule has 1 heterocycles.